The van der Waals surface area contributed by atoms with Gasteiger partial charge in [-0.25, -0.2) is 4.79 Å². The molecule has 0 saturated carbocycles. The van der Waals surface area contributed by atoms with E-state index < -0.39 is 29.0 Å². The molecule has 1 aromatic heterocycles. The molecule has 1 aliphatic rings. The van der Waals surface area contributed by atoms with Gasteiger partial charge in [0.25, 0.3) is 0 Å². The van der Waals surface area contributed by atoms with Crippen LogP contribution in [-0.2, 0) is 4.74 Å². The third kappa shape index (κ3) is 2.34. The highest BCUT2D eigenvalue weighted by atomic mass is 35.5. The van der Waals surface area contributed by atoms with E-state index in [4.69, 9.17) is 21.4 Å². The largest absolute Gasteiger partial charge is 0.394 e. The first-order chi connectivity index (χ1) is 8.91. The Morgan fingerprint density at radius 1 is 1.68 bits per heavy atom. The standard InChI is InChI=1S/C11H16ClN3O4/c1-11(12)8(17)6(5-16)19-9(11)15-4-3-7(13-2)14-10(15)18/h3-4,6,8-9,16-17H,5H2,1-2H3,(H,13,14,18)/t6-,8-,9-,11-/m1/s1. The first-order valence-corrected chi connectivity index (χ1v) is 6.20. The molecule has 0 radical (unpaired) electrons. The molecule has 8 heteroatoms. The molecule has 0 aromatic carbocycles. The maximum absolute atomic E-state index is 11.9. The van der Waals surface area contributed by atoms with Gasteiger partial charge in [-0.2, -0.15) is 4.98 Å². The van der Waals surface area contributed by atoms with Crippen molar-refractivity contribution in [3.05, 3.63) is 22.7 Å². The Kier molecular flexibility index (Phi) is 3.82. The third-order valence-corrected chi connectivity index (χ3v) is 3.65. The van der Waals surface area contributed by atoms with Crippen LogP contribution in [0.1, 0.15) is 13.2 Å². The van der Waals surface area contributed by atoms with Crippen LogP contribution in [0, 0.1) is 0 Å². The maximum Gasteiger partial charge on any atom is 0.351 e. The van der Waals surface area contributed by atoms with Crippen LogP contribution in [0.25, 0.3) is 0 Å². The smallest absolute Gasteiger partial charge is 0.351 e. The Morgan fingerprint density at radius 3 is 2.84 bits per heavy atom. The number of alkyl halides is 1. The lowest BCUT2D eigenvalue weighted by Gasteiger charge is -2.26. The number of hydrogen-bond acceptors (Lipinski definition) is 6. The van der Waals surface area contributed by atoms with Crippen LogP contribution in [0.4, 0.5) is 5.82 Å². The van der Waals surface area contributed by atoms with Crippen molar-refractivity contribution >= 4 is 17.4 Å². The number of aromatic nitrogens is 2. The van der Waals surface area contributed by atoms with Crippen LogP contribution >= 0.6 is 11.6 Å². The van der Waals surface area contributed by atoms with Gasteiger partial charge in [-0.3, -0.25) is 4.57 Å². The zero-order chi connectivity index (χ0) is 14.2. The molecule has 2 rings (SSSR count). The minimum Gasteiger partial charge on any atom is -0.394 e. The molecule has 7 nitrogen and oxygen atoms in total. The van der Waals surface area contributed by atoms with Gasteiger partial charge in [0.2, 0.25) is 0 Å². The summed E-state index contributed by atoms with van der Waals surface area (Å²) in [7, 11) is 1.65. The number of rotatable bonds is 3. The SMILES string of the molecule is CNc1ccn([C@@H]2O[C@H](CO)[C@@H](O)[C@@]2(C)Cl)c(=O)n1. The molecule has 1 saturated heterocycles. The van der Waals surface area contributed by atoms with Crippen molar-refractivity contribution in [1.82, 2.24) is 9.55 Å². The van der Waals surface area contributed by atoms with Crippen LogP contribution in [0.3, 0.4) is 0 Å². The van der Waals surface area contributed by atoms with Crippen LogP contribution in [0.2, 0.25) is 0 Å². The molecule has 106 valence electrons. The molecule has 1 aliphatic heterocycles. The highest BCUT2D eigenvalue weighted by molar-refractivity contribution is 6.24. The maximum atomic E-state index is 11.9. The van der Waals surface area contributed by atoms with Crippen molar-refractivity contribution in [1.29, 1.82) is 0 Å². The van der Waals surface area contributed by atoms with Crippen LogP contribution in [0.15, 0.2) is 17.1 Å². The number of nitrogens with one attached hydrogen (secondary N) is 1. The highest BCUT2D eigenvalue weighted by Crippen LogP contribution is 2.42. The minimum atomic E-state index is -1.22. The summed E-state index contributed by atoms with van der Waals surface area (Å²) < 4.78 is 6.65. The summed E-state index contributed by atoms with van der Waals surface area (Å²) in [6, 6.07) is 1.59. The van der Waals surface area contributed by atoms with E-state index in [-0.39, 0.29) is 6.61 Å². The molecular weight excluding hydrogens is 274 g/mol. The fourth-order valence-corrected chi connectivity index (χ4v) is 2.39. The number of aliphatic hydroxyl groups excluding tert-OH is 2. The van der Waals surface area contributed by atoms with Crippen LogP contribution in [-0.4, -0.2) is 50.5 Å². The van der Waals surface area contributed by atoms with Crippen LogP contribution in [0.5, 0.6) is 0 Å². The van der Waals surface area contributed by atoms with Crippen LogP contribution < -0.4 is 11.0 Å². The summed E-state index contributed by atoms with van der Waals surface area (Å²) in [5.41, 5.74) is -0.547. The first kappa shape index (κ1) is 14.3. The van der Waals surface area contributed by atoms with E-state index >= 15 is 0 Å². The molecule has 0 amide bonds. The van der Waals surface area contributed by atoms with E-state index in [1.807, 2.05) is 0 Å². The summed E-state index contributed by atoms with van der Waals surface area (Å²) in [6.45, 7) is 1.18. The fraction of sp³-hybridized carbons (Fsp3) is 0.636. The number of aliphatic hydroxyl groups is 2. The summed E-state index contributed by atoms with van der Waals surface area (Å²) in [6.07, 6.45) is -1.32. The van der Waals surface area contributed by atoms with Gasteiger partial charge in [-0.1, -0.05) is 0 Å². The van der Waals surface area contributed by atoms with Gasteiger partial charge in [0.1, 0.15) is 22.9 Å². The highest BCUT2D eigenvalue weighted by Gasteiger charge is 2.53. The fourth-order valence-electron chi connectivity index (χ4n) is 2.09. The van der Waals surface area contributed by atoms with Crippen molar-refractivity contribution in [2.24, 2.45) is 0 Å². The van der Waals surface area contributed by atoms with Gasteiger partial charge < -0.3 is 20.3 Å². The second kappa shape index (κ2) is 5.09. The van der Waals surface area contributed by atoms with Crippen molar-refractivity contribution in [2.45, 2.75) is 30.2 Å². The number of nitrogens with zero attached hydrogens (tertiary/aromatic N) is 2. The molecule has 3 N–H and O–H groups in total. The Balaban J connectivity index is 2.39. The molecule has 0 unspecified atom stereocenters. The first-order valence-electron chi connectivity index (χ1n) is 5.82. The third-order valence-electron chi connectivity index (χ3n) is 3.24. The van der Waals surface area contributed by atoms with Crippen molar-refractivity contribution in [3.8, 4) is 0 Å². The lowest BCUT2D eigenvalue weighted by atomic mass is 10.0. The minimum absolute atomic E-state index is 0.378. The second-order valence-electron chi connectivity index (χ2n) is 4.56. The van der Waals surface area contributed by atoms with E-state index in [9.17, 15) is 9.90 Å². The number of hydrogen-bond donors (Lipinski definition) is 3. The van der Waals surface area contributed by atoms with E-state index in [0.29, 0.717) is 5.82 Å². The van der Waals surface area contributed by atoms with Gasteiger partial charge >= 0.3 is 5.69 Å². The number of ether oxygens (including phenoxy) is 1. The molecule has 0 aliphatic carbocycles. The number of anilines is 1. The Bertz CT molecular complexity index is 519. The predicted octanol–water partition coefficient (Wildman–Crippen LogP) is -0.467. The Labute approximate surface area is 114 Å². The quantitative estimate of drug-likeness (QED) is 0.651. The summed E-state index contributed by atoms with van der Waals surface area (Å²) in [5, 5.41) is 21.9. The van der Waals surface area contributed by atoms with E-state index in [1.54, 1.807) is 20.0 Å². The topological polar surface area (TPSA) is 96.6 Å². The monoisotopic (exact) mass is 289 g/mol. The van der Waals surface area contributed by atoms with Crippen molar-refractivity contribution in [3.63, 3.8) is 0 Å². The Morgan fingerprint density at radius 2 is 2.37 bits per heavy atom. The molecule has 2 heterocycles. The normalized spacial score (nSPS) is 34.5. The molecule has 1 aromatic rings. The average molecular weight is 290 g/mol. The second-order valence-corrected chi connectivity index (χ2v) is 5.37. The molecule has 0 bridgehead atoms. The molecular formula is C11H16ClN3O4. The molecule has 4 atom stereocenters. The molecule has 0 spiro atoms. The predicted molar refractivity (Wildman–Crippen MR) is 69.3 cm³/mol. The zero-order valence-corrected chi connectivity index (χ0v) is 11.3. The van der Waals surface area contributed by atoms with Gasteiger partial charge in [0.05, 0.1) is 6.61 Å². The van der Waals surface area contributed by atoms with Gasteiger partial charge in [0, 0.05) is 13.2 Å². The average Bonchev–Trinajstić information content (AvgIpc) is 2.61. The summed E-state index contributed by atoms with van der Waals surface area (Å²) in [5.74, 6) is 0.426. The number of halogens is 1. The van der Waals surface area contributed by atoms with Gasteiger partial charge in [-0.05, 0) is 13.0 Å². The van der Waals surface area contributed by atoms with Gasteiger partial charge in [0.15, 0.2) is 6.23 Å². The van der Waals surface area contributed by atoms with E-state index in [0.717, 1.165) is 0 Å². The van der Waals surface area contributed by atoms with E-state index in [1.165, 1.54) is 10.8 Å². The zero-order valence-electron chi connectivity index (χ0n) is 10.6. The summed E-state index contributed by atoms with van der Waals surface area (Å²) in [4.78, 5) is 14.5. The van der Waals surface area contributed by atoms with Crippen molar-refractivity contribution < 1.29 is 14.9 Å². The van der Waals surface area contributed by atoms with E-state index in [2.05, 4.69) is 10.3 Å². The molecule has 19 heavy (non-hydrogen) atoms. The lowest BCUT2D eigenvalue weighted by molar-refractivity contribution is -0.0469. The van der Waals surface area contributed by atoms with Gasteiger partial charge in [-0.15, -0.1) is 11.6 Å². The Hall–Kier alpha value is -1.15. The lowest BCUT2D eigenvalue weighted by Crippen LogP contribution is -2.42. The summed E-state index contributed by atoms with van der Waals surface area (Å²) >= 11 is 6.25. The molecule has 1 fully saturated rings. The van der Waals surface area contributed by atoms with Crippen molar-refractivity contribution in [2.75, 3.05) is 19.0 Å².